The van der Waals surface area contributed by atoms with Gasteiger partial charge in [0.15, 0.2) is 0 Å². The van der Waals surface area contributed by atoms with Crippen molar-refractivity contribution < 1.29 is 0 Å². The van der Waals surface area contributed by atoms with Gasteiger partial charge in [-0.1, -0.05) is 19.3 Å². The molecule has 15 heavy (non-hydrogen) atoms. The summed E-state index contributed by atoms with van der Waals surface area (Å²) in [5.41, 5.74) is 0. The zero-order valence-corrected chi connectivity index (χ0v) is 11.1. The topological polar surface area (TPSA) is 6.48 Å². The normalized spacial score (nSPS) is 11.6. The lowest BCUT2D eigenvalue weighted by Gasteiger charge is -2.09. The molecule has 0 aromatic heterocycles. The maximum absolute atomic E-state index is 2.46. The second-order valence-electron chi connectivity index (χ2n) is 4.89. The summed E-state index contributed by atoms with van der Waals surface area (Å²) in [5, 5.41) is 0. The third-order valence-electron chi connectivity index (χ3n) is 2.53. The molecule has 0 rings (SSSR count). The summed E-state index contributed by atoms with van der Waals surface area (Å²) in [5.74, 6) is 0. The molecule has 0 saturated heterocycles. The minimum absolute atomic E-state index is 1.22. The summed E-state index contributed by atoms with van der Waals surface area (Å²) >= 11 is 0. The molecule has 1 radical (unpaired) electrons. The molecule has 0 aliphatic heterocycles. The van der Waals surface area contributed by atoms with Gasteiger partial charge in [0.2, 0.25) is 0 Å². The minimum atomic E-state index is 1.22. The van der Waals surface area contributed by atoms with Gasteiger partial charge in [0.1, 0.15) is 0 Å². The van der Waals surface area contributed by atoms with E-state index in [9.17, 15) is 0 Å². The van der Waals surface area contributed by atoms with Gasteiger partial charge >= 0.3 is 0 Å². The molecule has 0 unspecified atom stereocenters. The number of nitrogens with zero attached hydrogens (tertiary/aromatic N) is 2. The maximum atomic E-state index is 2.46. The monoisotopic (exact) mass is 213 g/mol. The van der Waals surface area contributed by atoms with Crippen LogP contribution in [-0.2, 0) is 0 Å². The van der Waals surface area contributed by atoms with Crippen molar-refractivity contribution in [1.82, 2.24) is 9.80 Å². The number of hydrogen-bond donors (Lipinski definition) is 0. The molecule has 2 nitrogen and oxygen atoms in total. The van der Waals surface area contributed by atoms with Crippen LogP contribution in [0, 0.1) is 6.42 Å². The first-order valence-corrected chi connectivity index (χ1v) is 6.24. The molecule has 0 amide bonds. The molecule has 0 heterocycles. The SMILES string of the molecule is CN(C)CCC[CH]CCCCCN(C)C. The van der Waals surface area contributed by atoms with Crippen LogP contribution >= 0.6 is 0 Å². The Morgan fingerprint density at radius 2 is 1.20 bits per heavy atom. The molecule has 0 bridgehead atoms. The van der Waals surface area contributed by atoms with E-state index in [4.69, 9.17) is 0 Å². The van der Waals surface area contributed by atoms with E-state index in [1.54, 1.807) is 0 Å². The average molecular weight is 213 g/mol. The van der Waals surface area contributed by atoms with Crippen molar-refractivity contribution in [2.75, 3.05) is 41.3 Å². The number of hydrogen-bond acceptors (Lipinski definition) is 2. The minimum Gasteiger partial charge on any atom is -0.309 e. The highest BCUT2D eigenvalue weighted by molar-refractivity contribution is 4.65. The van der Waals surface area contributed by atoms with Gasteiger partial charge in [-0.2, -0.15) is 0 Å². The summed E-state index contributed by atoms with van der Waals surface area (Å²) in [4.78, 5) is 4.52. The van der Waals surface area contributed by atoms with Gasteiger partial charge < -0.3 is 9.80 Å². The van der Waals surface area contributed by atoms with Crippen LogP contribution in [0.25, 0.3) is 0 Å². The lowest BCUT2D eigenvalue weighted by molar-refractivity contribution is 0.389. The van der Waals surface area contributed by atoms with Crippen molar-refractivity contribution in [3.05, 3.63) is 6.42 Å². The van der Waals surface area contributed by atoms with Gasteiger partial charge in [-0.15, -0.1) is 0 Å². The van der Waals surface area contributed by atoms with E-state index in [1.165, 1.54) is 51.6 Å². The van der Waals surface area contributed by atoms with Crippen molar-refractivity contribution in [3.63, 3.8) is 0 Å². The largest absolute Gasteiger partial charge is 0.309 e. The number of rotatable bonds is 10. The van der Waals surface area contributed by atoms with Crippen LogP contribution < -0.4 is 0 Å². The van der Waals surface area contributed by atoms with Gasteiger partial charge in [0.05, 0.1) is 0 Å². The van der Waals surface area contributed by atoms with Crippen LogP contribution in [0.5, 0.6) is 0 Å². The molecule has 0 atom stereocenters. The molecular weight excluding hydrogens is 184 g/mol. The second kappa shape index (κ2) is 10.4. The van der Waals surface area contributed by atoms with E-state index < -0.39 is 0 Å². The van der Waals surface area contributed by atoms with Crippen molar-refractivity contribution in [2.24, 2.45) is 0 Å². The van der Waals surface area contributed by atoms with Gasteiger partial charge in [-0.05, 0) is 67.0 Å². The second-order valence-corrected chi connectivity index (χ2v) is 4.89. The third kappa shape index (κ3) is 13.9. The highest BCUT2D eigenvalue weighted by Crippen LogP contribution is 2.06. The fourth-order valence-electron chi connectivity index (χ4n) is 1.59. The van der Waals surface area contributed by atoms with Gasteiger partial charge in [-0.3, -0.25) is 0 Å². The van der Waals surface area contributed by atoms with Gasteiger partial charge in [-0.25, -0.2) is 0 Å². The highest BCUT2D eigenvalue weighted by atomic mass is 15.0. The van der Waals surface area contributed by atoms with Gasteiger partial charge in [0, 0.05) is 0 Å². The lowest BCUT2D eigenvalue weighted by atomic mass is 10.1. The summed E-state index contributed by atoms with van der Waals surface area (Å²) in [7, 11) is 8.57. The zero-order valence-electron chi connectivity index (χ0n) is 11.1. The predicted molar refractivity (Wildman–Crippen MR) is 69.1 cm³/mol. The summed E-state index contributed by atoms with van der Waals surface area (Å²) in [6.07, 6.45) is 10.5. The Bertz CT molecular complexity index is 108. The average Bonchev–Trinajstić information content (AvgIpc) is 2.14. The Kier molecular flexibility index (Phi) is 10.4. The highest BCUT2D eigenvalue weighted by Gasteiger charge is 1.94. The molecule has 0 aliphatic rings. The fraction of sp³-hybridized carbons (Fsp3) is 0.923. The summed E-state index contributed by atoms with van der Waals surface area (Å²) < 4.78 is 0. The van der Waals surface area contributed by atoms with E-state index in [1.807, 2.05) is 0 Å². The van der Waals surface area contributed by atoms with Crippen molar-refractivity contribution in [2.45, 2.75) is 38.5 Å². The van der Waals surface area contributed by atoms with Crippen molar-refractivity contribution >= 4 is 0 Å². The quantitative estimate of drug-likeness (QED) is 0.515. The molecule has 2 heteroatoms. The van der Waals surface area contributed by atoms with Crippen LogP contribution in [0.1, 0.15) is 38.5 Å². The van der Waals surface area contributed by atoms with Crippen molar-refractivity contribution in [3.8, 4) is 0 Å². The fourth-order valence-corrected chi connectivity index (χ4v) is 1.59. The standard InChI is InChI=1S/C13H29N2/c1-14(2)12-10-8-6-5-7-9-11-13-15(3)4/h6H,5,7-13H2,1-4H3. The zero-order chi connectivity index (χ0) is 11.5. The van der Waals surface area contributed by atoms with Gasteiger partial charge in [0.25, 0.3) is 0 Å². The molecule has 0 N–H and O–H groups in total. The molecule has 0 spiro atoms. The summed E-state index contributed by atoms with van der Waals surface area (Å²) in [6.45, 7) is 2.46. The Labute approximate surface area is 96.6 Å². The molecule has 0 aromatic carbocycles. The first-order valence-electron chi connectivity index (χ1n) is 6.24. The first-order chi connectivity index (χ1) is 7.13. The molecular formula is C13H29N2. The number of unbranched alkanes of at least 4 members (excludes halogenated alkanes) is 6. The van der Waals surface area contributed by atoms with E-state index in [0.717, 1.165) is 0 Å². The molecule has 0 fully saturated rings. The first kappa shape index (κ1) is 14.9. The van der Waals surface area contributed by atoms with E-state index in [2.05, 4.69) is 44.4 Å². The van der Waals surface area contributed by atoms with E-state index >= 15 is 0 Å². The smallest absolute Gasteiger partial charge is 0.00247 e. The molecule has 0 aliphatic carbocycles. The molecule has 0 aromatic rings. The van der Waals surface area contributed by atoms with E-state index in [0.29, 0.717) is 0 Å². The van der Waals surface area contributed by atoms with Crippen LogP contribution in [0.3, 0.4) is 0 Å². The maximum Gasteiger partial charge on any atom is -0.00247 e. The molecule has 91 valence electrons. The van der Waals surface area contributed by atoms with Crippen LogP contribution in [0.2, 0.25) is 0 Å². The molecule has 0 saturated carbocycles. The predicted octanol–water partition coefficient (Wildman–Crippen LogP) is 2.65. The van der Waals surface area contributed by atoms with E-state index in [-0.39, 0.29) is 0 Å². The third-order valence-corrected chi connectivity index (χ3v) is 2.53. The Morgan fingerprint density at radius 3 is 1.80 bits per heavy atom. The Hall–Kier alpha value is -0.0800. The Morgan fingerprint density at radius 1 is 0.667 bits per heavy atom. The van der Waals surface area contributed by atoms with Crippen LogP contribution in [0.4, 0.5) is 0 Å². The lowest BCUT2D eigenvalue weighted by Crippen LogP contribution is -2.12. The van der Waals surface area contributed by atoms with Crippen molar-refractivity contribution in [1.29, 1.82) is 0 Å². The Balaban J connectivity index is 2.93. The summed E-state index contributed by atoms with van der Waals surface area (Å²) in [6, 6.07) is 0. The van der Waals surface area contributed by atoms with Crippen LogP contribution in [0.15, 0.2) is 0 Å². The van der Waals surface area contributed by atoms with Crippen LogP contribution in [-0.4, -0.2) is 51.1 Å².